The first kappa shape index (κ1) is 14.1. The molecule has 0 aliphatic rings. The third-order valence-corrected chi connectivity index (χ3v) is 3.46. The molecule has 0 saturated carbocycles. The summed E-state index contributed by atoms with van der Waals surface area (Å²) >= 11 is 6.72. The maximum Gasteiger partial charge on any atom is 0.272 e. The van der Waals surface area contributed by atoms with Gasteiger partial charge in [0.05, 0.1) is 7.11 Å². The molecule has 19 heavy (non-hydrogen) atoms. The van der Waals surface area contributed by atoms with Crippen molar-refractivity contribution in [2.75, 3.05) is 12.4 Å². The summed E-state index contributed by atoms with van der Waals surface area (Å²) in [6, 6.07) is 7.18. The van der Waals surface area contributed by atoms with Crippen LogP contribution in [-0.2, 0) is 7.05 Å². The number of ether oxygens (including phenoxy) is 1. The van der Waals surface area contributed by atoms with Crippen LogP contribution in [0.25, 0.3) is 0 Å². The van der Waals surface area contributed by atoms with E-state index in [9.17, 15) is 4.79 Å². The maximum atomic E-state index is 12.2. The smallest absolute Gasteiger partial charge is 0.272 e. The highest BCUT2D eigenvalue weighted by atomic mass is 79.9. The van der Waals surface area contributed by atoms with Crippen molar-refractivity contribution < 1.29 is 9.53 Å². The van der Waals surface area contributed by atoms with Gasteiger partial charge >= 0.3 is 0 Å². The van der Waals surface area contributed by atoms with Crippen LogP contribution in [0.5, 0.6) is 5.75 Å². The van der Waals surface area contributed by atoms with Crippen molar-refractivity contribution in [2.45, 2.75) is 0 Å². The number of halogens is 2. The van der Waals surface area contributed by atoms with Gasteiger partial charge in [-0.2, -0.15) is 0 Å². The number of benzene rings is 1. The van der Waals surface area contributed by atoms with Crippen LogP contribution in [0.3, 0.4) is 0 Å². The number of amides is 1. The second-order valence-corrected chi connectivity index (χ2v) is 5.82. The Morgan fingerprint density at radius 3 is 2.53 bits per heavy atom. The maximum absolute atomic E-state index is 12.2. The zero-order valence-corrected chi connectivity index (χ0v) is 13.6. The molecular weight excluding hydrogens is 376 g/mol. The quantitative estimate of drug-likeness (QED) is 0.870. The second-order valence-electron chi connectivity index (χ2n) is 3.99. The number of hydrogen-bond acceptors (Lipinski definition) is 2. The molecular formula is C13H12Br2N2O2. The van der Waals surface area contributed by atoms with Crippen LogP contribution in [0, 0.1) is 0 Å². The predicted molar refractivity (Wildman–Crippen MR) is 81.8 cm³/mol. The normalized spacial score (nSPS) is 10.3. The summed E-state index contributed by atoms with van der Waals surface area (Å²) < 4.78 is 8.63. The SMILES string of the molecule is COc1cc(Br)cc(NC(=O)c2cc(Br)cn2C)c1. The monoisotopic (exact) mass is 386 g/mol. The molecule has 1 aromatic carbocycles. The first-order chi connectivity index (χ1) is 8.99. The summed E-state index contributed by atoms with van der Waals surface area (Å²) in [5.74, 6) is 0.506. The van der Waals surface area contributed by atoms with Crippen LogP contribution >= 0.6 is 31.9 Å². The molecule has 2 rings (SSSR count). The lowest BCUT2D eigenvalue weighted by Gasteiger charge is -2.08. The number of rotatable bonds is 3. The van der Waals surface area contributed by atoms with E-state index in [0.717, 1.165) is 8.95 Å². The number of nitrogens with zero attached hydrogens (tertiary/aromatic N) is 1. The fraction of sp³-hybridized carbons (Fsp3) is 0.154. The molecule has 4 nitrogen and oxygen atoms in total. The highest BCUT2D eigenvalue weighted by molar-refractivity contribution is 9.10. The number of anilines is 1. The molecule has 2 aromatic rings. The molecule has 0 atom stereocenters. The summed E-state index contributed by atoms with van der Waals surface area (Å²) in [4.78, 5) is 12.2. The van der Waals surface area contributed by atoms with Gasteiger partial charge in [0.2, 0.25) is 0 Å². The molecule has 1 aromatic heterocycles. The van der Waals surface area contributed by atoms with Gasteiger partial charge in [0.25, 0.3) is 5.91 Å². The number of hydrogen-bond donors (Lipinski definition) is 1. The summed E-state index contributed by atoms with van der Waals surface area (Å²) in [5.41, 5.74) is 1.25. The van der Waals surface area contributed by atoms with Gasteiger partial charge in [0, 0.05) is 33.9 Å². The number of methoxy groups -OCH3 is 1. The Kier molecular flexibility index (Phi) is 4.31. The molecule has 1 N–H and O–H groups in total. The summed E-state index contributed by atoms with van der Waals surface area (Å²) in [7, 11) is 3.41. The van der Waals surface area contributed by atoms with Gasteiger partial charge in [-0.05, 0) is 34.1 Å². The third-order valence-electron chi connectivity index (χ3n) is 2.57. The molecule has 0 bridgehead atoms. The van der Waals surface area contributed by atoms with E-state index >= 15 is 0 Å². The molecule has 0 aliphatic carbocycles. The van der Waals surface area contributed by atoms with Crippen molar-refractivity contribution in [3.8, 4) is 5.75 Å². The van der Waals surface area contributed by atoms with Crippen LogP contribution in [0.15, 0.2) is 39.4 Å². The minimum absolute atomic E-state index is 0.173. The summed E-state index contributed by atoms with van der Waals surface area (Å²) in [5, 5.41) is 2.84. The molecule has 0 spiro atoms. The molecule has 0 radical (unpaired) electrons. The Labute approximate surface area is 128 Å². The van der Waals surface area contributed by atoms with Gasteiger partial charge in [-0.15, -0.1) is 0 Å². The number of aromatic nitrogens is 1. The average molecular weight is 388 g/mol. The van der Waals surface area contributed by atoms with Crippen LogP contribution in [0.1, 0.15) is 10.5 Å². The standard InChI is InChI=1S/C13H12Br2N2O2/c1-17-7-9(15)5-12(17)13(18)16-10-3-8(14)4-11(6-10)19-2/h3-7H,1-2H3,(H,16,18). The number of carbonyl (C=O) groups is 1. The van der Waals surface area contributed by atoms with E-state index in [4.69, 9.17) is 4.74 Å². The van der Waals surface area contributed by atoms with Gasteiger partial charge in [-0.3, -0.25) is 4.79 Å². The van der Waals surface area contributed by atoms with Crippen molar-refractivity contribution in [3.05, 3.63) is 45.1 Å². The highest BCUT2D eigenvalue weighted by Gasteiger charge is 2.12. The third kappa shape index (κ3) is 3.39. The van der Waals surface area contributed by atoms with E-state index in [1.165, 1.54) is 0 Å². The van der Waals surface area contributed by atoms with Crippen molar-refractivity contribution in [1.29, 1.82) is 0 Å². The molecule has 1 heterocycles. The van der Waals surface area contributed by atoms with E-state index in [2.05, 4.69) is 37.2 Å². The van der Waals surface area contributed by atoms with Gasteiger partial charge in [0.15, 0.2) is 0 Å². The van der Waals surface area contributed by atoms with Crippen LogP contribution in [-0.4, -0.2) is 17.6 Å². The number of carbonyl (C=O) groups excluding carboxylic acids is 1. The lowest BCUT2D eigenvalue weighted by Crippen LogP contribution is -2.15. The van der Waals surface area contributed by atoms with Crippen LogP contribution in [0.4, 0.5) is 5.69 Å². The number of aryl methyl sites for hydroxylation is 1. The fourth-order valence-corrected chi connectivity index (χ4v) is 2.69. The van der Waals surface area contributed by atoms with Gasteiger partial charge in [-0.25, -0.2) is 0 Å². The average Bonchev–Trinajstić information content (AvgIpc) is 2.67. The highest BCUT2D eigenvalue weighted by Crippen LogP contribution is 2.25. The fourth-order valence-electron chi connectivity index (χ4n) is 1.70. The lowest BCUT2D eigenvalue weighted by molar-refractivity contribution is 0.101. The Balaban J connectivity index is 2.23. The second kappa shape index (κ2) is 5.79. The van der Waals surface area contributed by atoms with Crippen molar-refractivity contribution in [1.82, 2.24) is 4.57 Å². The first-order valence-electron chi connectivity index (χ1n) is 5.47. The Bertz CT molecular complexity index is 623. The zero-order valence-electron chi connectivity index (χ0n) is 10.4. The summed E-state index contributed by atoms with van der Waals surface area (Å²) in [6.45, 7) is 0. The zero-order chi connectivity index (χ0) is 14.0. The van der Waals surface area contributed by atoms with E-state index in [1.54, 1.807) is 23.8 Å². The minimum Gasteiger partial charge on any atom is -0.497 e. The molecule has 0 fully saturated rings. The molecule has 100 valence electrons. The molecule has 0 saturated heterocycles. The Morgan fingerprint density at radius 2 is 1.95 bits per heavy atom. The Morgan fingerprint density at radius 1 is 1.21 bits per heavy atom. The molecule has 6 heteroatoms. The lowest BCUT2D eigenvalue weighted by atomic mass is 10.3. The minimum atomic E-state index is -0.173. The molecule has 0 aliphatic heterocycles. The van der Waals surface area contributed by atoms with Gasteiger partial charge in [0.1, 0.15) is 11.4 Å². The van der Waals surface area contributed by atoms with Crippen LogP contribution < -0.4 is 10.1 Å². The number of nitrogens with one attached hydrogen (secondary N) is 1. The van der Waals surface area contributed by atoms with E-state index in [-0.39, 0.29) is 5.91 Å². The van der Waals surface area contributed by atoms with Crippen LogP contribution in [0.2, 0.25) is 0 Å². The topological polar surface area (TPSA) is 43.3 Å². The summed E-state index contributed by atoms with van der Waals surface area (Å²) in [6.07, 6.45) is 1.83. The molecule has 1 amide bonds. The van der Waals surface area contributed by atoms with Crippen molar-refractivity contribution in [3.63, 3.8) is 0 Å². The first-order valence-corrected chi connectivity index (χ1v) is 7.06. The molecule has 0 unspecified atom stereocenters. The van der Waals surface area contributed by atoms with Crippen molar-refractivity contribution in [2.24, 2.45) is 7.05 Å². The predicted octanol–water partition coefficient (Wildman–Crippen LogP) is 3.81. The largest absolute Gasteiger partial charge is 0.497 e. The van der Waals surface area contributed by atoms with Gasteiger partial charge < -0.3 is 14.6 Å². The van der Waals surface area contributed by atoms with Gasteiger partial charge in [-0.1, -0.05) is 15.9 Å². The van der Waals surface area contributed by atoms with E-state index < -0.39 is 0 Å². The van der Waals surface area contributed by atoms with E-state index in [1.807, 2.05) is 25.4 Å². The Hall–Kier alpha value is -1.27. The van der Waals surface area contributed by atoms with E-state index in [0.29, 0.717) is 17.1 Å². The van der Waals surface area contributed by atoms with Crippen molar-refractivity contribution >= 4 is 43.5 Å².